The molecule has 0 heterocycles. The van der Waals surface area contributed by atoms with Crippen LogP contribution in [0.4, 0.5) is 17.6 Å². The van der Waals surface area contributed by atoms with Gasteiger partial charge in [-0.05, 0) is 22.9 Å². The minimum atomic E-state index is -5.13. The second kappa shape index (κ2) is 4.26. The van der Waals surface area contributed by atoms with Crippen LogP contribution in [0, 0.1) is 0 Å². The number of halogens is 5. The zero-order valence-electron chi connectivity index (χ0n) is 6.62. The normalized spacial score (nSPS) is 16.5. The minimum Gasteiger partial charge on any atom is -0.466 e. The van der Waals surface area contributed by atoms with Crippen LogP contribution in [0.5, 0.6) is 0 Å². The van der Waals surface area contributed by atoms with Crippen LogP contribution in [0.3, 0.4) is 0 Å². The minimum absolute atomic E-state index is 0.0836. The molecule has 0 aliphatic carbocycles. The Morgan fingerprint density at radius 3 is 2.15 bits per heavy atom. The van der Waals surface area contributed by atoms with Crippen molar-refractivity contribution >= 4 is 21.9 Å². The molecule has 0 aromatic carbocycles. The maximum Gasteiger partial charge on any atom is 0.433 e. The molecule has 13 heavy (non-hydrogen) atoms. The molecule has 0 radical (unpaired) electrons. The van der Waals surface area contributed by atoms with Crippen LogP contribution in [0.25, 0.3) is 0 Å². The standard InChI is InChI=1S/C6H7BrF4O2/c1-2-13-4(12)3-5(7,8)6(9,10)11/h2-3H2,1H3. The fourth-order valence-electron chi connectivity index (χ4n) is 0.494. The number of ether oxygens (including phenoxy) is 1. The number of rotatable bonds is 3. The molecule has 7 heteroatoms. The zero-order valence-corrected chi connectivity index (χ0v) is 8.21. The summed E-state index contributed by atoms with van der Waals surface area (Å²) in [6.07, 6.45) is -6.51. The van der Waals surface area contributed by atoms with E-state index in [-0.39, 0.29) is 6.61 Å². The van der Waals surface area contributed by atoms with E-state index in [1.165, 1.54) is 6.92 Å². The Labute approximate surface area is 80.4 Å². The van der Waals surface area contributed by atoms with Crippen molar-refractivity contribution in [3.8, 4) is 0 Å². The first-order valence-electron chi connectivity index (χ1n) is 3.31. The number of hydrogen-bond acceptors (Lipinski definition) is 2. The van der Waals surface area contributed by atoms with Gasteiger partial charge in [0.05, 0.1) is 13.0 Å². The van der Waals surface area contributed by atoms with Crippen LogP contribution in [0.15, 0.2) is 0 Å². The van der Waals surface area contributed by atoms with Crippen molar-refractivity contribution in [2.75, 3.05) is 6.61 Å². The predicted octanol–water partition coefficient (Wildman–Crippen LogP) is 2.56. The lowest BCUT2D eigenvalue weighted by Crippen LogP contribution is -2.37. The monoisotopic (exact) mass is 266 g/mol. The molecule has 0 rings (SSSR count). The molecule has 78 valence electrons. The van der Waals surface area contributed by atoms with Gasteiger partial charge in [-0.25, -0.2) is 4.39 Å². The number of esters is 1. The third-order valence-corrected chi connectivity index (χ3v) is 1.82. The Balaban J connectivity index is 4.26. The Bertz CT molecular complexity index is 190. The number of alkyl halides is 5. The molecular formula is C6H7BrF4O2. The largest absolute Gasteiger partial charge is 0.466 e. The van der Waals surface area contributed by atoms with Gasteiger partial charge in [0.2, 0.25) is 0 Å². The van der Waals surface area contributed by atoms with Gasteiger partial charge in [-0.2, -0.15) is 13.2 Å². The molecule has 0 N–H and O–H groups in total. The third kappa shape index (κ3) is 3.93. The highest BCUT2D eigenvalue weighted by atomic mass is 79.9. The van der Waals surface area contributed by atoms with Gasteiger partial charge in [-0.15, -0.1) is 0 Å². The van der Waals surface area contributed by atoms with Crippen molar-refractivity contribution in [2.24, 2.45) is 0 Å². The van der Waals surface area contributed by atoms with E-state index in [1.54, 1.807) is 15.9 Å². The topological polar surface area (TPSA) is 26.3 Å². The fraction of sp³-hybridized carbons (Fsp3) is 0.833. The average molecular weight is 267 g/mol. The molecule has 0 bridgehead atoms. The SMILES string of the molecule is CCOC(=O)CC(F)(Br)C(F)(F)F. The maximum atomic E-state index is 12.7. The summed E-state index contributed by atoms with van der Waals surface area (Å²) in [5.74, 6) is -1.24. The molecule has 0 spiro atoms. The van der Waals surface area contributed by atoms with Crippen molar-refractivity contribution in [3.63, 3.8) is 0 Å². The highest BCUT2D eigenvalue weighted by Crippen LogP contribution is 2.41. The highest BCUT2D eigenvalue weighted by molar-refractivity contribution is 9.10. The van der Waals surface area contributed by atoms with Gasteiger partial charge in [0.25, 0.3) is 4.58 Å². The summed E-state index contributed by atoms with van der Waals surface area (Å²) in [6, 6.07) is 0. The quantitative estimate of drug-likeness (QED) is 0.446. The highest BCUT2D eigenvalue weighted by Gasteiger charge is 2.55. The fourth-order valence-corrected chi connectivity index (χ4v) is 0.722. The van der Waals surface area contributed by atoms with Crippen LogP contribution >= 0.6 is 15.9 Å². The maximum absolute atomic E-state index is 12.7. The van der Waals surface area contributed by atoms with Gasteiger partial charge in [0, 0.05) is 0 Å². The van der Waals surface area contributed by atoms with Crippen LogP contribution in [-0.4, -0.2) is 23.3 Å². The lowest BCUT2D eigenvalue weighted by molar-refractivity contribution is -0.199. The van der Waals surface area contributed by atoms with Crippen LogP contribution in [0.1, 0.15) is 13.3 Å². The summed E-state index contributed by atoms with van der Waals surface area (Å²) >= 11 is 1.78. The summed E-state index contributed by atoms with van der Waals surface area (Å²) < 4.78 is 48.5. The third-order valence-electron chi connectivity index (χ3n) is 1.09. The second-order valence-corrected chi connectivity index (χ2v) is 3.44. The van der Waals surface area contributed by atoms with Gasteiger partial charge < -0.3 is 4.74 Å². The Kier molecular flexibility index (Phi) is 4.15. The van der Waals surface area contributed by atoms with Crippen LogP contribution in [-0.2, 0) is 9.53 Å². The van der Waals surface area contributed by atoms with E-state index >= 15 is 0 Å². The molecule has 0 aliphatic heterocycles. The van der Waals surface area contributed by atoms with Gasteiger partial charge in [0.1, 0.15) is 0 Å². The first kappa shape index (κ1) is 12.7. The summed E-state index contributed by atoms with van der Waals surface area (Å²) in [5.41, 5.74) is 0. The number of carbonyl (C=O) groups excluding carboxylic acids is 1. The van der Waals surface area contributed by atoms with Gasteiger partial charge in [-0.1, -0.05) is 0 Å². The summed E-state index contributed by atoms with van der Waals surface area (Å²) in [4.78, 5) is 10.5. The van der Waals surface area contributed by atoms with Gasteiger partial charge in [-0.3, -0.25) is 4.79 Å². The Morgan fingerprint density at radius 2 is 1.85 bits per heavy atom. The van der Waals surface area contributed by atoms with Crippen molar-refractivity contribution in [2.45, 2.75) is 24.1 Å². The molecule has 0 fully saturated rings. The average Bonchev–Trinajstić information content (AvgIpc) is 1.83. The predicted molar refractivity (Wildman–Crippen MR) is 40.1 cm³/mol. The molecule has 0 aliphatic rings. The molecule has 2 nitrogen and oxygen atoms in total. The lowest BCUT2D eigenvalue weighted by Gasteiger charge is -2.20. The van der Waals surface area contributed by atoms with E-state index in [4.69, 9.17) is 0 Å². The molecule has 1 atom stereocenters. The molecule has 1 unspecified atom stereocenters. The molecule has 0 saturated carbocycles. The molecular weight excluding hydrogens is 260 g/mol. The molecule has 0 saturated heterocycles. The Hall–Kier alpha value is -0.330. The van der Waals surface area contributed by atoms with Crippen molar-refractivity contribution in [1.29, 1.82) is 0 Å². The van der Waals surface area contributed by atoms with Gasteiger partial charge in [0.15, 0.2) is 0 Å². The van der Waals surface area contributed by atoms with Crippen LogP contribution < -0.4 is 0 Å². The zero-order chi connectivity index (χ0) is 10.7. The second-order valence-electron chi connectivity index (χ2n) is 2.18. The van der Waals surface area contributed by atoms with E-state index in [0.29, 0.717) is 0 Å². The number of carbonyl (C=O) groups is 1. The molecule has 0 aromatic rings. The Morgan fingerprint density at radius 1 is 1.38 bits per heavy atom. The van der Waals surface area contributed by atoms with E-state index in [2.05, 4.69) is 4.74 Å². The summed E-state index contributed by atoms with van der Waals surface area (Å²) in [5, 5.41) is 0. The smallest absolute Gasteiger partial charge is 0.433 e. The summed E-state index contributed by atoms with van der Waals surface area (Å²) in [7, 11) is 0. The molecule has 0 aromatic heterocycles. The van der Waals surface area contributed by atoms with Crippen molar-refractivity contribution in [1.82, 2.24) is 0 Å². The van der Waals surface area contributed by atoms with Crippen molar-refractivity contribution in [3.05, 3.63) is 0 Å². The van der Waals surface area contributed by atoms with E-state index in [9.17, 15) is 22.4 Å². The summed E-state index contributed by atoms with van der Waals surface area (Å²) in [6.45, 7) is 1.33. The van der Waals surface area contributed by atoms with Crippen LogP contribution in [0.2, 0.25) is 0 Å². The van der Waals surface area contributed by atoms with E-state index in [1.807, 2.05) is 0 Å². The van der Waals surface area contributed by atoms with E-state index < -0.39 is 23.1 Å². The first-order chi connectivity index (χ1) is 5.70. The van der Waals surface area contributed by atoms with Gasteiger partial charge >= 0.3 is 12.1 Å². The van der Waals surface area contributed by atoms with Crippen molar-refractivity contribution < 1.29 is 27.1 Å². The number of hydrogen-bond donors (Lipinski definition) is 0. The molecule has 0 amide bonds. The van der Waals surface area contributed by atoms with E-state index in [0.717, 1.165) is 0 Å². The first-order valence-corrected chi connectivity index (χ1v) is 4.10. The lowest BCUT2D eigenvalue weighted by atomic mass is 10.3.